The maximum atomic E-state index is 12.0. The van der Waals surface area contributed by atoms with Crippen molar-refractivity contribution in [3.63, 3.8) is 0 Å². The van der Waals surface area contributed by atoms with E-state index in [0.717, 1.165) is 25.1 Å². The van der Waals surface area contributed by atoms with Gasteiger partial charge in [-0.1, -0.05) is 13.8 Å². The molecule has 0 saturated heterocycles. The molecule has 3 rings (SSSR count). The first-order valence-corrected chi connectivity index (χ1v) is 6.61. The first-order chi connectivity index (χ1) is 8.49. The molecule has 1 unspecified atom stereocenters. The molecule has 98 valence electrons. The Hall–Kier alpha value is -1.52. The zero-order chi connectivity index (χ0) is 12.9. The predicted molar refractivity (Wildman–Crippen MR) is 69.2 cm³/mol. The molecule has 1 amide bonds. The Balaban J connectivity index is 1.62. The van der Waals surface area contributed by atoms with Gasteiger partial charge in [0.15, 0.2) is 5.69 Å². The number of carbonyl (C=O) groups excluding carboxylic acids is 1. The number of H-pyrrole nitrogens is 1. The van der Waals surface area contributed by atoms with Crippen molar-refractivity contribution < 1.29 is 4.79 Å². The van der Waals surface area contributed by atoms with Crippen molar-refractivity contribution in [1.29, 1.82) is 0 Å². The van der Waals surface area contributed by atoms with Gasteiger partial charge in [-0.25, -0.2) is 0 Å². The van der Waals surface area contributed by atoms with Crippen LogP contribution in [0.3, 0.4) is 0 Å². The second kappa shape index (κ2) is 3.73. The van der Waals surface area contributed by atoms with Crippen LogP contribution in [0, 0.1) is 11.3 Å². The summed E-state index contributed by atoms with van der Waals surface area (Å²) in [5.41, 5.74) is 8.17. The van der Waals surface area contributed by atoms with Crippen LogP contribution >= 0.6 is 0 Å². The van der Waals surface area contributed by atoms with Crippen LogP contribution in [0.2, 0.25) is 0 Å². The van der Waals surface area contributed by atoms with E-state index in [0.29, 0.717) is 28.6 Å². The molecule has 18 heavy (non-hydrogen) atoms. The first-order valence-electron chi connectivity index (χ1n) is 6.61. The molecule has 0 bridgehead atoms. The van der Waals surface area contributed by atoms with E-state index in [4.69, 9.17) is 5.73 Å². The number of nitrogens with one attached hydrogen (secondary N) is 2. The van der Waals surface area contributed by atoms with E-state index in [9.17, 15) is 4.79 Å². The molecule has 1 aromatic rings. The zero-order valence-corrected chi connectivity index (χ0v) is 10.9. The highest BCUT2D eigenvalue weighted by Gasteiger charge is 2.45. The molecule has 1 heterocycles. The van der Waals surface area contributed by atoms with Crippen LogP contribution < -0.4 is 11.1 Å². The number of hydrogen-bond donors (Lipinski definition) is 3. The summed E-state index contributed by atoms with van der Waals surface area (Å²) >= 11 is 0. The van der Waals surface area contributed by atoms with Crippen LogP contribution in [0.1, 0.15) is 55.2 Å². The molecular weight excluding hydrogens is 228 g/mol. The minimum atomic E-state index is -0.154. The van der Waals surface area contributed by atoms with Crippen molar-refractivity contribution in [3.05, 3.63) is 11.4 Å². The molecule has 1 aromatic heterocycles. The van der Waals surface area contributed by atoms with E-state index in [1.54, 1.807) is 0 Å². The molecular formula is C13H20N4O. The Morgan fingerprint density at radius 2 is 2.22 bits per heavy atom. The number of anilines is 1. The van der Waals surface area contributed by atoms with E-state index in [1.807, 2.05) is 0 Å². The van der Waals surface area contributed by atoms with Crippen molar-refractivity contribution >= 4 is 11.6 Å². The van der Waals surface area contributed by atoms with Gasteiger partial charge in [0.1, 0.15) is 0 Å². The summed E-state index contributed by atoms with van der Waals surface area (Å²) < 4.78 is 0. The van der Waals surface area contributed by atoms with E-state index in [-0.39, 0.29) is 5.91 Å². The summed E-state index contributed by atoms with van der Waals surface area (Å²) in [6.07, 6.45) is 3.46. The Morgan fingerprint density at radius 3 is 2.78 bits per heavy atom. The third-order valence-corrected chi connectivity index (χ3v) is 4.26. The molecule has 4 N–H and O–H groups in total. The minimum Gasteiger partial charge on any atom is -0.395 e. The highest BCUT2D eigenvalue weighted by molar-refractivity contribution is 5.97. The van der Waals surface area contributed by atoms with Crippen LogP contribution in [-0.2, 0) is 0 Å². The standard InChI is InChI=1S/C13H20N4O/c1-13(2)5-8(13)6-15-12(18)11-9(14)10(16-17-11)7-3-4-7/h7-8H,3-6,14H2,1-2H3,(H,15,18)(H,16,17). The van der Waals surface area contributed by atoms with Crippen LogP contribution in [-0.4, -0.2) is 22.6 Å². The van der Waals surface area contributed by atoms with Crippen LogP contribution in [0.15, 0.2) is 0 Å². The molecule has 0 aromatic carbocycles. The summed E-state index contributed by atoms with van der Waals surface area (Å²) in [6, 6.07) is 0. The molecule has 2 aliphatic rings. The fraction of sp³-hybridized carbons (Fsp3) is 0.692. The molecule has 0 radical (unpaired) electrons. The van der Waals surface area contributed by atoms with Gasteiger partial charge in [-0.2, -0.15) is 5.10 Å². The zero-order valence-electron chi connectivity index (χ0n) is 10.9. The number of hydrogen-bond acceptors (Lipinski definition) is 3. The van der Waals surface area contributed by atoms with Gasteiger partial charge < -0.3 is 11.1 Å². The third-order valence-electron chi connectivity index (χ3n) is 4.26. The lowest BCUT2D eigenvalue weighted by atomic mass is 10.1. The highest BCUT2D eigenvalue weighted by Crippen LogP contribution is 2.51. The Bertz CT molecular complexity index is 487. The Kier molecular flexibility index (Phi) is 2.40. The van der Waals surface area contributed by atoms with Gasteiger partial charge in [0.2, 0.25) is 0 Å². The number of nitrogen functional groups attached to an aromatic ring is 1. The maximum absolute atomic E-state index is 12.0. The second-order valence-corrected chi connectivity index (χ2v) is 6.27. The first kappa shape index (κ1) is 11.6. The van der Waals surface area contributed by atoms with E-state index < -0.39 is 0 Å². The summed E-state index contributed by atoms with van der Waals surface area (Å²) in [4.78, 5) is 12.0. The summed E-state index contributed by atoms with van der Waals surface area (Å²) in [5, 5.41) is 9.88. The van der Waals surface area contributed by atoms with Crippen molar-refractivity contribution in [3.8, 4) is 0 Å². The lowest BCUT2D eigenvalue weighted by Crippen LogP contribution is -2.27. The topological polar surface area (TPSA) is 83.8 Å². The van der Waals surface area contributed by atoms with Crippen molar-refractivity contribution in [2.24, 2.45) is 11.3 Å². The minimum absolute atomic E-state index is 0.154. The summed E-state index contributed by atoms with van der Waals surface area (Å²) in [7, 11) is 0. The summed E-state index contributed by atoms with van der Waals surface area (Å²) in [5.74, 6) is 0.921. The van der Waals surface area contributed by atoms with Crippen LogP contribution in [0.5, 0.6) is 0 Å². The van der Waals surface area contributed by atoms with E-state index >= 15 is 0 Å². The fourth-order valence-electron chi connectivity index (χ4n) is 2.44. The van der Waals surface area contributed by atoms with E-state index in [1.165, 1.54) is 6.42 Å². The van der Waals surface area contributed by atoms with Gasteiger partial charge in [0, 0.05) is 12.5 Å². The quantitative estimate of drug-likeness (QED) is 0.757. The number of amides is 1. The molecule has 2 aliphatic carbocycles. The normalized spacial score (nSPS) is 24.9. The average Bonchev–Trinajstić information content (AvgIpc) is 3.19. The van der Waals surface area contributed by atoms with Gasteiger partial charge in [0.25, 0.3) is 5.91 Å². The van der Waals surface area contributed by atoms with Crippen LogP contribution in [0.25, 0.3) is 0 Å². The maximum Gasteiger partial charge on any atom is 0.273 e. The van der Waals surface area contributed by atoms with Gasteiger partial charge >= 0.3 is 0 Å². The molecule has 5 heteroatoms. The van der Waals surface area contributed by atoms with Gasteiger partial charge in [-0.15, -0.1) is 0 Å². The molecule has 1 atom stereocenters. The largest absolute Gasteiger partial charge is 0.395 e. The van der Waals surface area contributed by atoms with Crippen molar-refractivity contribution in [2.45, 2.75) is 39.0 Å². The van der Waals surface area contributed by atoms with Gasteiger partial charge in [0.05, 0.1) is 11.4 Å². The molecule has 0 aliphatic heterocycles. The second-order valence-electron chi connectivity index (χ2n) is 6.27. The van der Waals surface area contributed by atoms with Gasteiger partial charge in [-0.3, -0.25) is 9.89 Å². The average molecular weight is 248 g/mol. The summed E-state index contributed by atoms with van der Waals surface area (Å²) in [6.45, 7) is 5.16. The SMILES string of the molecule is CC1(C)CC1CNC(=O)c1n[nH]c(C2CC2)c1N. The Labute approximate surface area is 107 Å². The van der Waals surface area contributed by atoms with Gasteiger partial charge in [-0.05, 0) is 30.6 Å². The lowest BCUT2D eigenvalue weighted by molar-refractivity contribution is 0.0946. The van der Waals surface area contributed by atoms with Crippen molar-refractivity contribution in [2.75, 3.05) is 12.3 Å². The predicted octanol–water partition coefficient (Wildman–Crippen LogP) is 1.65. The smallest absolute Gasteiger partial charge is 0.273 e. The Morgan fingerprint density at radius 1 is 1.56 bits per heavy atom. The lowest BCUT2D eigenvalue weighted by Gasteiger charge is -2.05. The molecule has 2 saturated carbocycles. The van der Waals surface area contributed by atoms with Crippen molar-refractivity contribution in [1.82, 2.24) is 15.5 Å². The number of nitrogens with two attached hydrogens (primary N) is 1. The molecule has 2 fully saturated rings. The number of rotatable bonds is 4. The van der Waals surface area contributed by atoms with E-state index in [2.05, 4.69) is 29.4 Å². The van der Waals surface area contributed by atoms with Crippen LogP contribution in [0.4, 0.5) is 5.69 Å². The fourth-order valence-corrected chi connectivity index (χ4v) is 2.44. The molecule has 0 spiro atoms. The number of nitrogens with zero attached hydrogens (tertiary/aromatic N) is 1. The number of aromatic amines is 1. The highest BCUT2D eigenvalue weighted by atomic mass is 16.1. The number of aromatic nitrogens is 2. The number of carbonyl (C=O) groups is 1. The monoisotopic (exact) mass is 248 g/mol. The molecule has 5 nitrogen and oxygen atoms in total. The third kappa shape index (κ3) is 1.98.